The number of likely N-dealkylation sites (tertiary alicyclic amines) is 1. The van der Waals surface area contributed by atoms with Gasteiger partial charge in [0, 0.05) is 31.3 Å². The highest BCUT2D eigenvalue weighted by molar-refractivity contribution is 14.1. The van der Waals surface area contributed by atoms with Gasteiger partial charge in [0.25, 0.3) is 0 Å². The Morgan fingerprint density at radius 2 is 2.12 bits per heavy atom. The van der Waals surface area contributed by atoms with Crippen LogP contribution in [0.2, 0.25) is 0 Å². The Balaban J connectivity index is 1.60. The van der Waals surface area contributed by atoms with Gasteiger partial charge in [-0.2, -0.15) is 5.10 Å². The Bertz CT molecular complexity index is 618. The van der Waals surface area contributed by atoms with E-state index in [1.165, 1.54) is 5.69 Å². The van der Waals surface area contributed by atoms with Crippen LogP contribution in [0.5, 0.6) is 0 Å². The molecule has 6 nitrogen and oxygen atoms in total. The molecule has 0 saturated carbocycles. The summed E-state index contributed by atoms with van der Waals surface area (Å²) in [6.07, 6.45) is 4.67. The number of piperidine rings is 1. The molecular weight excluding hydrogens is 445 g/mol. The molecule has 0 radical (unpaired) electrons. The van der Waals surface area contributed by atoms with Crippen molar-refractivity contribution in [3.8, 4) is 0 Å². The van der Waals surface area contributed by atoms with Crippen molar-refractivity contribution in [1.29, 1.82) is 0 Å². The molecule has 0 aliphatic carbocycles. The summed E-state index contributed by atoms with van der Waals surface area (Å²) < 4.78 is 14.5. The van der Waals surface area contributed by atoms with E-state index >= 15 is 0 Å². The minimum atomic E-state index is -0.389. The highest BCUT2D eigenvalue weighted by atomic mass is 127. The Hall–Kier alpha value is -0.830. The highest BCUT2D eigenvalue weighted by Crippen LogP contribution is 2.33. The maximum Gasteiger partial charge on any atom is 0.410 e. The van der Waals surface area contributed by atoms with E-state index in [4.69, 9.17) is 14.6 Å². The predicted molar refractivity (Wildman–Crippen MR) is 108 cm³/mol. The van der Waals surface area contributed by atoms with E-state index in [0.29, 0.717) is 12.0 Å². The third-order valence-electron chi connectivity index (χ3n) is 5.37. The minimum absolute atomic E-state index is 0.172. The molecule has 26 heavy (non-hydrogen) atoms. The smallest absolute Gasteiger partial charge is 0.410 e. The standard InChI is InChI=1S/C19H30IN3O3/c1-4-8-19(2,3)26-18(24)22-9-5-14(6-10-22)16-12-17(20)21-23(16)15-7-11-25-13-15/h12,14-15H,4-11,13H2,1-3H3. The van der Waals surface area contributed by atoms with Gasteiger partial charge in [-0.1, -0.05) is 13.3 Å². The number of rotatable bonds is 5. The van der Waals surface area contributed by atoms with Crippen LogP contribution in [-0.2, 0) is 9.47 Å². The number of halogens is 1. The summed E-state index contributed by atoms with van der Waals surface area (Å²) in [6.45, 7) is 9.15. The molecule has 146 valence electrons. The topological polar surface area (TPSA) is 56.6 Å². The van der Waals surface area contributed by atoms with Crippen molar-refractivity contribution in [2.24, 2.45) is 0 Å². The third-order valence-corrected chi connectivity index (χ3v) is 5.90. The van der Waals surface area contributed by atoms with E-state index in [2.05, 4.69) is 40.3 Å². The van der Waals surface area contributed by atoms with E-state index in [9.17, 15) is 4.79 Å². The molecule has 0 spiro atoms. The summed E-state index contributed by atoms with van der Waals surface area (Å²) in [7, 11) is 0. The predicted octanol–water partition coefficient (Wildman–Crippen LogP) is 4.34. The van der Waals surface area contributed by atoms with Gasteiger partial charge in [-0.25, -0.2) is 4.79 Å². The highest BCUT2D eigenvalue weighted by Gasteiger charge is 2.32. The third kappa shape index (κ3) is 4.71. The van der Waals surface area contributed by atoms with Gasteiger partial charge < -0.3 is 14.4 Å². The van der Waals surface area contributed by atoms with E-state index in [0.717, 1.165) is 62.1 Å². The zero-order chi connectivity index (χ0) is 18.7. The summed E-state index contributed by atoms with van der Waals surface area (Å²) in [4.78, 5) is 14.3. The Kier molecular flexibility index (Phi) is 6.48. The van der Waals surface area contributed by atoms with Gasteiger partial charge in [-0.15, -0.1) is 0 Å². The van der Waals surface area contributed by atoms with Crippen molar-refractivity contribution in [1.82, 2.24) is 14.7 Å². The molecule has 1 atom stereocenters. The summed E-state index contributed by atoms with van der Waals surface area (Å²) in [6, 6.07) is 2.55. The lowest BCUT2D eigenvalue weighted by molar-refractivity contribution is 0.00425. The largest absolute Gasteiger partial charge is 0.443 e. The van der Waals surface area contributed by atoms with Gasteiger partial charge in [-0.3, -0.25) is 4.68 Å². The average Bonchev–Trinajstić information content (AvgIpc) is 3.23. The monoisotopic (exact) mass is 475 g/mol. The van der Waals surface area contributed by atoms with Crippen molar-refractivity contribution in [2.75, 3.05) is 26.3 Å². The zero-order valence-electron chi connectivity index (χ0n) is 16.0. The minimum Gasteiger partial charge on any atom is -0.443 e. The summed E-state index contributed by atoms with van der Waals surface area (Å²) in [5, 5.41) is 4.71. The van der Waals surface area contributed by atoms with E-state index < -0.39 is 0 Å². The fourth-order valence-electron chi connectivity index (χ4n) is 4.00. The van der Waals surface area contributed by atoms with Gasteiger partial charge >= 0.3 is 6.09 Å². The van der Waals surface area contributed by atoms with Crippen LogP contribution in [0.4, 0.5) is 4.79 Å². The summed E-state index contributed by atoms with van der Waals surface area (Å²) in [5.41, 5.74) is 0.907. The van der Waals surface area contributed by atoms with Crippen LogP contribution in [-0.4, -0.2) is 52.7 Å². The molecule has 3 rings (SSSR count). The van der Waals surface area contributed by atoms with Crippen LogP contribution < -0.4 is 0 Å². The first kappa shape index (κ1) is 19.9. The molecule has 0 N–H and O–H groups in total. The van der Waals surface area contributed by atoms with E-state index in [-0.39, 0.29) is 11.7 Å². The van der Waals surface area contributed by atoms with Gasteiger partial charge in [-0.05, 0) is 68.2 Å². The van der Waals surface area contributed by atoms with Crippen LogP contribution in [0.25, 0.3) is 0 Å². The number of nitrogens with zero attached hydrogens (tertiary/aromatic N) is 3. The first-order valence-corrected chi connectivity index (χ1v) is 10.8. The normalized spacial score (nSPS) is 22.0. The van der Waals surface area contributed by atoms with Crippen molar-refractivity contribution in [2.45, 2.75) is 70.4 Å². The van der Waals surface area contributed by atoms with Gasteiger partial charge in [0.2, 0.25) is 0 Å². The van der Waals surface area contributed by atoms with Crippen LogP contribution in [0.15, 0.2) is 6.07 Å². The van der Waals surface area contributed by atoms with E-state index in [1.807, 2.05) is 18.7 Å². The maximum absolute atomic E-state index is 12.5. The van der Waals surface area contributed by atoms with Crippen molar-refractivity contribution in [3.63, 3.8) is 0 Å². The SMILES string of the molecule is CCCC(C)(C)OC(=O)N1CCC(c2cc(I)nn2C2CCOC2)CC1. The lowest BCUT2D eigenvalue weighted by Gasteiger charge is -2.34. The van der Waals surface area contributed by atoms with Crippen LogP contribution in [0, 0.1) is 3.70 Å². The molecule has 2 aliphatic rings. The van der Waals surface area contributed by atoms with Crippen LogP contribution >= 0.6 is 22.6 Å². The van der Waals surface area contributed by atoms with Crippen molar-refractivity contribution >= 4 is 28.7 Å². The number of carbonyl (C=O) groups is 1. The van der Waals surface area contributed by atoms with Crippen LogP contribution in [0.3, 0.4) is 0 Å². The number of carbonyl (C=O) groups excluding carboxylic acids is 1. The quantitative estimate of drug-likeness (QED) is 0.595. The second kappa shape index (κ2) is 8.46. The molecule has 1 aromatic heterocycles. The molecule has 2 saturated heterocycles. The number of aromatic nitrogens is 2. The summed E-state index contributed by atoms with van der Waals surface area (Å²) in [5.74, 6) is 0.444. The number of hydrogen-bond donors (Lipinski definition) is 0. The van der Waals surface area contributed by atoms with Gasteiger partial charge in [0.1, 0.15) is 9.30 Å². The molecule has 1 aromatic rings. The lowest BCUT2D eigenvalue weighted by atomic mass is 9.93. The van der Waals surface area contributed by atoms with Crippen molar-refractivity contribution < 1.29 is 14.3 Å². The fraction of sp³-hybridized carbons (Fsp3) is 0.789. The summed E-state index contributed by atoms with van der Waals surface area (Å²) >= 11 is 2.29. The molecule has 0 aromatic carbocycles. The first-order chi connectivity index (χ1) is 12.4. The molecule has 1 unspecified atom stereocenters. The average molecular weight is 475 g/mol. The van der Waals surface area contributed by atoms with Crippen LogP contribution in [0.1, 0.15) is 70.5 Å². The lowest BCUT2D eigenvalue weighted by Crippen LogP contribution is -2.42. The Labute approximate surface area is 169 Å². The van der Waals surface area contributed by atoms with Gasteiger partial charge in [0.15, 0.2) is 0 Å². The molecule has 2 aliphatic heterocycles. The molecule has 7 heteroatoms. The number of ether oxygens (including phenoxy) is 2. The van der Waals surface area contributed by atoms with Gasteiger partial charge in [0.05, 0.1) is 12.6 Å². The molecule has 3 heterocycles. The molecule has 2 fully saturated rings. The Morgan fingerprint density at radius 1 is 1.38 bits per heavy atom. The Morgan fingerprint density at radius 3 is 2.73 bits per heavy atom. The zero-order valence-corrected chi connectivity index (χ0v) is 18.2. The number of amides is 1. The fourth-order valence-corrected chi connectivity index (χ4v) is 4.55. The van der Waals surface area contributed by atoms with E-state index in [1.54, 1.807) is 0 Å². The first-order valence-electron chi connectivity index (χ1n) is 9.70. The van der Waals surface area contributed by atoms with Crippen molar-refractivity contribution in [3.05, 3.63) is 15.5 Å². The second-order valence-electron chi connectivity index (χ2n) is 7.99. The molecular formula is C19H30IN3O3. The second-order valence-corrected chi connectivity index (χ2v) is 9.10. The number of hydrogen-bond acceptors (Lipinski definition) is 4. The maximum atomic E-state index is 12.5. The molecule has 0 bridgehead atoms. The molecule has 1 amide bonds.